The molecule has 0 radical (unpaired) electrons. The number of aromatic nitrogens is 1. The van der Waals surface area contributed by atoms with E-state index in [1.54, 1.807) is 6.20 Å². The fraction of sp³-hybridized carbons (Fsp3) is 0.500. The van der Waals surface area contributed by atoms with E-state index in [4.69, 9.17) is 5.11 Å². The lowest BCUT2D eigenvalue weighted by Gasteiger charge is -2.17. The van der Waals surface area contributed by atoms with E-state index in [2.05, 4.69) is 10.3 Å². The van der Waals surface area contributed by atoms with E-state index in [0.29, 0.717) is 0 Å². The summed E-state index contributed by atoms with van der Waals surface area (Å²) in [5.74, 6) is 0. The zero-order chi connectivity index (χ0) is 9.68. The van der Waals surface area contributed by atoms with Gasteiger partial charge in [0.2, 0.25) is 0 Å². The molecule has 3 heteroatoms. The van der Waals surface area contributed by atoms with Gasteiger partial charge in [-0.05, 0) is 26.0 Å². The van der Waals surface area contributed by atoms with Gasteiger partial charge in [-0.15, -0.1) is 0 Å². The summed E-state index contributed by atoms with van der Waals surface area (Å²) in [7, 11) is 0. The standard InChI is InChI=1S/C10H16N2O/c1-8(7-13)12-9(2)10-5-3-4-6-11-10/h3-6,8-9,12-13H,7H2,1-2H3/t8-,9+/m0/s1. The van der Waals surface area contributed by atoms with Gasteiger partial charge in [0.15, 0.2) is 0 Å². The molecule has 13 heavy (non-hydrogen) atoms. The number of nitrogens with one attached hydrogen (secondary N) is 1. The number of hydrogen-bond acceptors (Lipinski definition) is 3. The Morgan fingerprint density at radius 3 is 2.77 bits per heavy atom. The lowest BCUT2D eigenvalue weighted by Crippen LogP contribution is -2.32. The number of nitrogens with zero attached hydrogens (tertiary/aromatic N) is 1. The Kier molecular flexibility index (Phi) is 3.86. The molecule has 1 rings (SSSR count). The molecule has 0 spiro atoms. The Bertz CT molecular complexity index is 238. The van der Waals surface area contributed by atoms with E-state index in [0.717, 1.165) is 5.69 Å². The van der Waals surface area contributed by atoms with Crippen LogP contribution >= 0.6 is 0 Å². The highest BCUT2D eigenvalue weighted by Crippen LogP contribution is 2.08. The number of rotatable bonds is 4. The van der Waals surface area contributed by atoms with Crippen LogP contribution in [-0.2, 0) is 0 Å². The molecule has 0 aliphatic rings. The topological polar surface area (TPSA) is 45.1 Å². The third-order valence-electron chi connectivity index (χ3n) is 1.94. The van der Waals surface area contributed by atoms with Crippen molar-refractivity contribution in [2.45, 2.75) is 25.9 Å². The van der Waals surface area contributed by atoms with Crippen LogP contribution in [-0.4, -0.2) is 22.7 Å². The molecular formula is C10H16N2O. The van der Waals surface area contributed by atoms with Crippen molar-refractivity contribution in [1.82, 2.24) is 10.3 Å². The smallest absolute Gasteiger partial charge is 0.0582 e. The monoisotopic (exact) mass is 180 g/mol. The molecule has 0 aliphatic carbocycles. The maximum Gasteiger partial charge on any atom is 0.0582 e. The quantitative estimate of drug-likeness (QED) is 0.729. The molecule has 0 unspecified atom stereocenters. The Balaban J connectivity index is 2.53. The predicted octanol–water partition coefficient (Wildman–Crippen LogP) is 1.11. The Morgan fingerprint density at radius 2 is 2.23 bits per heavy atom. The van der Waals surface area contributed by atoms with Gasteiger partial charge in [-0.1, -0.05) is 6.07 Å². The van der Waals surface area contributed by atoms with Crippen LogP contribution in [0.3, 0.4) is 0 Å². The lowest BCUT2D eigenvalue weighted by atomic mass is 10.2. The zero-order valence-corrected chi connectivity index (χ0v) is 8.07. The molecule has 0 bridgehead atoms. The number of aliphatic hydroxyl groups is 1. The maximum atomic E-state index is 8.85. The first-order valence-electron chi connectivity index (χ1n) is 4.52. The average molecular weight is 180 g/mol. The van der Waals surface area contributed by atoms with Crippen molar-refractivity contribution in [3.8, 4) is 0 Å². The van der Waals surface area contributed by atoms with Crippen LogP contribution in [0.4, 0.5) is 0 Å². The fourth-order valence-corrected chi connectivity index (χ4v) is 1.20. The van der Waals surface area contributed by atoms with Gasteiger partial charge in [0.1, 0.15) is 0 Å². The van der Waals surface area contributed by atoms with Crippen LogP contribution in [0.25, 0.3) is 0 Å². The predicted molar refractivity (Wildman–Crippen MR) is 52.3 cm³/mol. The fourth-order valence-electron chi connectivity index (χ4n) is 1.20. The molecule has 1 aromatic rings. The number of aliphatic hydroxyl groups excluding tert-OH is 1. The van der Waals surface area contributed by atoms with Crippen LogP contribution < -0.4 is 5.32 Å². The largest absolute Gasteiger partial charge is 0.395 e. The van der Waals surface area contributed by atoms with Crippen molar-refractivity contribution in [1.29, 1.82) is 0 Å². The van der Waals surface area contributed by atoms with Crippen LogP contribution in [0, 0.1) is 0 Å². The van der Waals surface area contributed by atoms with Crippen molar-refractivity contribution in [3.63, 3.8) is 0 Å². The second-order valence-electron chi connectivity index (χ2n) is 3.23. The molecule has 1 heterocycles. The maximum absolute atomic E-state index is 8.85. The highest BCUT2D eigenvalue weighted by atomic mass is 16.3. The summed E-state index contributed by atoms with van der Waals surface area (Å²) in [6.45, 7) is 4.13. The molecule has 0 aliphatic heterocycles. The zero-order valence-electron chi connectivity index (χ0n) is 8.07. The molecule has 3 nitrogen and oxygen atoms in total. The summed E-state index contributed by atoms with van der Waals surface area (Å²) in [5.41, 5.74) is 1.00. The summed E-state index contributed by atoms with van der Waals surface area (Å²) in [4.78, 5) is 4.22. The first-order valence-corrected chi connectivity index (χ1v) is 4.52. The van der Waals surface area contributed by atoms with E-state index in [1.807, 2.05) is 32.0 Å². The van der Waals surface area contributed by atoms with Gasteiger partial charge in [-0.3, -0.25) is 4.98 Å². The molecule has 2 N–H and O–H groups in total. The summed E-state index contributed by atoms with van der Waals surface area (Å²) >= 11 is 0. The van der Waals surface area contributed by atoms with E-state index in [-0.39, 0.29) is 18.7 Å². The van der Waals surface area contributed by atoms with Crippen molar-refractivity contribution in [3.05, 3.63) is 30.1 Å². The van der Waals surface area contributed by atoms with Gasteiger partial charge in [0, 0.05) is 18.3 Å². The third-order valence-corrected chi connectivity index (χ3v) is 1.94. The van der Waals surface area contributed by atoms with Gasteiger partial charge in [-0.2, -0.15) is 0 Å². The van der Waals surface area contributed by atoms with Gasteiger partial charge < -0.3 is 10.4 Å². The van der Waals surface area contributed by atoms with Crippen molar-refractivity contribution in [2.75, 3.05) is 6.61 Å². The Morgan fingerprint density at radius 1 is 1.46 bits per heavy atom. The normalized spacial score (nSPS) is 15.3. The molecule has 0 aromatic carbocycles. The van der Waals surface area contributed by atoms with Crippen molar-refractivity contribution >= 4 is 0 Å². The molecular weight excluding hydrogens is 164 g/mol. The first-order chi connectivity index (χ1) is 6.24. The molecule has 0 saturated heterocycles. The van der Waals surface area contributed by atoms with Crippen LogP contribution in [0.2, 0.25) is 0 Å². The molecule has 0 fully saturated rings. The lowest BCUT2D eigenvalue weighted by molar-refractivity contribution is 0.242. The Labute approximate surface area is 78.8 Å². The minimum Gasteiger partial charge on any atom is -0.395 e. The Hall–Kier alpha value is -0.930. The molecule has 72 valence electrons. The van der Waals surface area contributed by atoms with E-state index in [9.17, 15) is 0 Å². The van der Waals surface area contributed by atoms with Gasteiger partial charge >= 0.3 is 0 Å². The molecule has 0 amide bonds. The van der Waals surface area contributed by atoms with Crippen LogP contribution in [0.1, 0.15) is 25.6 Å². The highest BCUT2D eigenvalue weighted by Gasteiger charge is 2.08. The van der Waals surface area contributed by atoms with Gasteiger partial charge in [-0.25, -0.2) is 0 Å². The molecule has 1 aromatic heterocycles. The van der Waals surface area contributed by atoms with E-state index < -0.39 is 0 Å². The average Bonchev–Trinajstić information content (AvgIpc) is 2.19. The van der Waals surface area contributed by atoms with Gasteiger partial charge in [0.05, 0.1) is 12.3 Å². The minimum atomic E-state index is 0.108. The van der Waals surface area contributed by atoms with Crippen LogP contribution in [0.15, 0.2) is 24.4 Å². The molecule has 0 saturated carbocycles. The van der Waals surface area contributed by atoms with Crippen LogP contribution in [0.5, 0.6) is 0 Å². The van der Waals surface area contributed by atoms with E-state index >= 15 is 0 Å². The summed E-state index contributed by atoms with van der Waals surface area (Å²) in [6, 6.07) is 6.12. The van der Waals surface area contributed by atoms with E-state index in [1.165, 1.54) is 0 Å². The highest BCUT2D eigenvalue weighted by molar-refractivity contribution is 5.07. The first kappa shape index (κ1) is 10.2. The minimum absolute atomic E-state index is 0.108. The summed E-state index contributed by atoms with van der Waals surface area (Å²) in [6.07, 6.45) is 1.77. The third kappa shape index (κ3) is 3.13. The molecule has 2 atom stereocenters. The van der Waals surface area contributed by atoms with Crippen molar-refractivity contribution < 1.29 is 5.11 Å². The second-order valence-corrected chi connectivity index (χ2v) is 3.23. The number of hydrogen-bond donors (Lipinski definition) is 2. The summed E-state index contributed by atoms with van der Waals surface area (Å²) < 4.78 is 0. The summed E-state index contributed by atoms with van der Waals surface area (Å²) in [5, 5.41) is 12.1. The number of pyridine rings is 1. The van der Waals surface area contributed by atoms with Crippen molar-refractivity contribution in [2.24, 2.45) is 0 Å². The SMILES string of the molecule is C[C@@H](CO)N[C@H](C)c1ccccn1. The second kappa shape index (κ2) is 4.94. The van der Waals surface area contributed by atoms with Gasteiger partial charge in [0.25, 0.3) is 0 Å².